The topological polar surface area (TPSA) is 75.7 Å². The van der Waals surface area contributed by atoms with E-state index in [2.05, 4.69) is 0 Å². The van der Waals surface area contributed by atoms with Crippen LogP contribution in [0, 0.1) is 12.8 Å². The van der Waals surface area contributed by atoms with Crippen LogP contribution in [0.5, 0.6) is 0 Å². The van der Waals surface area contributed by atoms with Crippen LogP contribution in [-0.4, -0.2) is 37.1 Å². The van der Waals surface area contributed by atoms with E-state index in [1.54, 1.807) is 29.6 Å². The van der Waals surface area contributed by atoms with E-state index in [1.165, 1.54) is 16.2 Å². The molecule has 10 heteroatoms. The third kappa shape index (κ3) is 5.18. The number of amides is 2. The second-order valence-electron chi connectivity index (χ2n) is 6.87. The second kappa shape index (κ2) is 8.86. The number of nitrogens with zero attached hydrogens (tertiary/aromatic N) is 1. The molecule has 6 nitrogen and oxygen atoms in total. The van der Waals surface area contributed by atoms with Gasteiger partial charge < -0.3 is 15.0 Å². The van der Waals surface area contributed by atoms with E-state index in [4.69, 9.17) is 4.74 Å². The Morgan fingerprint density at radius 1 is 1.23 bits per heavy atom. The summed E-state index contributed by atoms with van der Waals surface area (Å²) in [5.41, 5.74) is 1.64. The molecule has 2 aromatic rings. The zero-order chi connectivity index (χ0) is 21.9. The number of nitrogens with one attached hydrogen (secondary N) is 1. The number of carbonyl (C=O) groups is 3. The van der Waals surface area contributed by atoms with Crippen molar-refractivity contribution < 1.29 is 32.3 Å². The van der Waals surface area contributed by atoms with Crippen LogP contribution in [0.25, 0.3) is 0 Å². The molecular formula is C20H19F3N2O4S. The van der Waals surface area contributed by atoms with Crippen molar-refractivity contribution in [3.05, 3.63) is 52.2 Å². The number of hydrogen-bond donors (Lipinski definition) is 1. The van der Waals surface area contributed by atoms with Gasteiger partial charge in [0.15, 0.2) is 6.61 Å². The van der Waals surface area contributed by atoms with Gasteiger partial charge in [-0.05, 0) is 30.5 Å². The average molecular weight is 440 g/mol. The molecule has 1 aromatic carbocycles. The lowest BCUT2D eigenvalue weighted by molar-refractivity contribution is -0.155. The summed E-state index contributed by atoms with van der Waals surface area (Å²) in [4.78, 5) is 39.2. The molecule has 2 atom stereocenters. The van der Waals surface area contributed by atoms with Gasteiger partial charge in [0.1, 0.15) is 6.54 Å². The summed E-state index contributed by atoms with van der Waals surface area (Å²) >= 11 is 1.37. The Bertz CT molecular complexity index is 913. The van der Waals surface area contributed by atoms with E-state index >= 15 is 0 Å². The fourth-order valence-electron chi connectivity index (χ4n) is 3.23. The molecule has 1 saturated heterocycles. The van der Waals surface area contributed by atoms with Gasteiger partial charge in [-0.15, -0.1) is 11.3 Å². The monoisotopic (exact) mass is 440 g/mol. The van der Waals surface area contributed by atoms with Crippen molar-refractivity contribution in [1.29, 1.82) is 0 Å². The quantitative estimate of drug-likeness (QED) is 0.699. The number of aryl methyl sites for hydroxylation is 1. The molecule has 1 aliphatic rings. The lowest BCUT2D eigenvalue weighted by Crippen LogP contribution is -2.37. The van der Waals surface area contributed by atoms with E-state index in [0.717, 1.165) is 10.4 Å². The zero-order valence-corrected chi connectivity index (χ0v) is 16.8. The molecule has 2 heterocycles. The van der Waals surface area contributed by atoms with Crippen LogP contribution in [0.2, 0.25) is 0 Å². The Morgan fingerprint density at radius 3 is 2.53 bits per heavy atom. The fourth-order valence-corrected chi connectivity index (χ4v) is 4.11. The molecule has 160 valence electrons. The second-order valence-corrected chi connectivity index (χ2v) is 7.85. The normalized spacial score (nSPS) is 19.1. The Labute approximate surface area is 174 Å². The third-order valence-corrected chi connectivity index (χ3v) is 5.55. The molecule has 3 rings (SSSR count). The molecule has 0 radical (unpaired) electrons. The minimum atomic E-state index is -4.56. The van der Waals surface area contributed by atoms with E-state index in [0.29, 0.717) is 5.69 Å². The van der Waals surface area contributed by atoms with Crippen molar-refractivity contribution in [2.45, 2.75) is 25.6 Å². The first kappa shape index (κ1) is 21.8. The van der Waals surface area contributed by atoms with Crippen LogP contribution in [0.1, 0.15) is 22.9 Å². The summed E-state index contributed by atoms with van der Waals surface area (Å²) < 4.78 is 41.5. The number of benzene rings is 1. The molecule has 2 amide bonds. The Morgan fingerprint density at radius 2 is 1.93 bits per heavy atom. The summed E-state index contributed by atoms with van der Waals surface area (Å²) in [6, 6.07) is 10.2. The molecule has 30 heavy (non-hydrogen) atoms. The van der Waals surface area contributed by atoms with Gasteiger partial charge in [0.25, 0.3) is 5.91 Å². The molecule has 0 spiro atoms. The Hall–Kier alpha value is -2.88. The van der Waals surface area contributed by atoms with E-state index in [1.807, 2.05) is 24.4 Å². The van der Waals surface area contributed by atoms with Crippen LogP contribution in [0.15, 0.2) is 41.8 Å². The third-order valence-electron chi connectivity index (χ3n) is 4.60. The molecule has 0 aliphatic carbocycles. The molecule has 1 N–H and O–H groups in total. The van der Waals surface area contributed by atoms with E-state index in [9.17, 15) is 27.6 Å². The molecule has 0 bridgehead atoms. The number of anilines is 1. The lowest BCUT2D eigenvalue weighted by Gasteiger charge is -2.27. The van der Waals surface area contributed by atoms with Crippen molar-refractivity contribution in [3.8, 4) is 0 Å². The number of rotatable bonds is 6. The zero-order valence-electron chi connectivity index (χ0n) is 15.9. The maximum atomic E-state index is 12.7. The predicted octanol–water partition coefficient (Wildman–Crippen LogP) is 3.37. The van der Waals surface area contributed by atoms with Gasteiger partial charge in [0.2, 0.25) is 5.91 Å². The van der Waals surface area contributed by atoms with Gasteiger partial charge in [0, 0.05) is 17.0 Å². The van der Waals surface area contributed by atoms with Gasteiger partial charge in [0.05, 0.1) is 12.0 Å². The van der Waals surface area contributed by atoms with Crippen molar-refractivity contribution in [2.75, 3.05) is 18.1 Å². The van der Waals surface area contributed by atoms with Crippen molar-refractivity contribution in [3.63, 3.8) is 0 Å². The van der Waals surface area contributed by atoms with Gasteiger partial charge >= 0.3 is 12.1 Å². The number of thiophene rings is 1. The number of carbonyl (C=O) groups excluding carboxylic acids is 3. The number of alkyl halides is 3. The molecule has 1 aromatic heterocycles. The minimum absolute atomic E-state index is 0.126. The highest BCUT2D eigenvalue weighted by atomic mass is 32.1. The van der Waals surface area contributed by atoms with E-state index < -0.39 is 43.2 Å². The van der Waals surface area contributed by atoms with Gasteiger partial charge in [-0.3, -0.25) is 14.4 Å². The van der Waals surface area contributed by atoms with Crippen molar-refractivity contribution in [1.82, 2.24) is 5.32 Å². The van der Waals surface area contributed by atoms with Gasteiger partial charge in [-0.1, -0.05) is 23.8 Å². The van der Waals surface area contributed by atoms with Gasteiger partial charge in [-0.2, -0.15) is 13.2 Å². The summed E-state index contributed by atoms with van der Waals surface area (Å²) in [7, 11) is 0. The van der Waals surface area contributed by atoms with Crippen molar-refractivity contribution >= 4 is 34.8 Å². The number of esters is 1. The molecule has 0 unspecified atom stereocenters. The Kier molecular flexibility index (Phi) is 6.45. The van der Waals surface area contributed by atoms with Crippen LogP contribution in [0.3, 0.4) is 0 Å². The molecule has 1 aliphatic heterocycles. The molecule has 1 fully saturated rings. The van der Waals surface area contributed by atoms with Crippen LogP contribution in [0.4, 0.5) is 18.9 Å². The summed E-state index contributed by atoms with van der Waals surface area (Å²) in [6.45, 7) is -0.443. The van der Waals surface area contributed by atoms with Crippen molar-refractivity contribution in [2.24, 2.45) is 5.92 Å². The molecular weight excluding hydrogens is 421 g/mol. The van der Waals surface area contributed by atoms with Crippen LogP contribution < -0.4 is 10.2 Å². The summed E-state index contributed by atoms with van der Waals surface area (Å²) in [6.07, 6.45) is -4.68. The SMILES string of the molecule is Cc1ccc(N2C(=O)C[C@H](C(=O)OCC(=O)NCC(F)(F)F)[C@H]2c2cccs2)cc1. The molecule has 0 saturated carbocycles. The number of ether oxygens (including phenoxy) is 1. The Balaban J connectivity index is 1.75. The predicted molar refractivity (Wildman–Crippen MR) is 104 cm³/mol. The lowest BCUT2D eigenvalue weighted by atomic mass is 9.99. The van der Waals surface area contributed by atoms with E-state index in [-0.39, 0.29) is 12.3 Å². The standard InChI is InChI=1S/C20H19F3N2O4S/c1-12-4-6-13(7-5-12)25-17(27)9-14(18(25)15-3-2-8-30-15)19(28)29-10-16(26)24-11-20(21,22)23/h2-8,14,18H,9-11H2,1H3,(H,24,26)/t14-,18-/m0/s1. The minimum Gasteiger partial charge on any atom is -0.455 e. The summed E-state index contributed by atoms with van der Waals surface area (Å²) in [5.74, 6) is -3.03. The largest absolute Gasteiger partial charge is 0.455 e. The first-order chi connectivity index (χ1) is 14.2. The van der Waals surface area contributed by atoms with Gasteiger partial charge in [-0.25, -0.2) is 0 Å². The first-order valence-corrected chi connectivity index (χ1v) is 9.96. The van der Waals surface area contributed by atoms with Crippen LogP contribution in [-0.2, 0) is 19.1 Å². The average Bonchev–Trinajstić information content (AvgIpc) is 3.32. The van der Waals surface area contributed by atoms with Crippen LogP contribution >= 0.6 is 11.3 Å². The summed E-state index contributed by atoms with van der Waals surface area (Å²) in [5, 5.41) is 3.46. The number of hydrogen-bond acceptors (Lipinski definition) is 5. The number of halogens is 3. The highest BCUT2D eigenvalue weighted by Gasteiger charge is 2.46. The smallest absolute Gasteiger partial charge is 0.405 e. The first-order valence-electron chi connectivity index (χ1n) is 9.08. The highest BCUT2D eigenvalue weighted by Crippen LogP contribution is 2.43. The fraction of sp³-hybridized carbons (Fsp3) is 0.350. The highest BCUT2D eigenvalue weighted by molar-refractivity contribution is 7.10. The maximum absolute atomic E-state index is 12.7. The maximum Gasteiger partial charge on any atom is 0.405 e.